The second-order valence-corrected chi connectivity index (χ2v) is 4.78. The van der Waals surface area contributed by atoms with Crippen LogP contribution in [0.1, 0.15) is 11.5 Å². The maximum absolute atomic E-state index is 11.9. The quantitative estimate of drug-likeness (QED) is 0.764. The Labute approximate surface area is 125 Å². The summed E-state index contributed by atoms with van der Waals surface area (Å²) in [5.74, 6) is 0.774. The van der Waals surface area contributed by atoms with Crippen molar-refractivity contribution >= 4 is 11.8 Å². The molecule has 0 spiro atoms. The minimum absolute atomic E-state index is 0.0793. The van der Waals surface area contributed by atoms with Gasteiger partial charge in [-0.2, -0.15) is 10.2 Å². The SMILES string of the molecule is CN(C)c1noc(CNc2c(C#N)c(=O)n(C)c(=O)n2C)n1. The molecule has 0 aromatic carbocycles. The minimum Gasteiger partial charge on any atom is -0.361 e. The fraction of sp³-hybridized carbons (Fsp3) is 0.417. The second-order valence-electron chi connectivity index (χ2n) is 4.78. The first-order valence-electron chi connectivity index (χ1n) is 6.30. The van der Waals surface area contributed by atoms with Gasteiger partial charge in [0.25, 0.3) is 11.5 Å². The van der Waals surface area contributed by atoms with E-state index in [0.717, 1.165) is 4.57 Å². The Morgan fingerprint density at radius 2 is 2.00 bits per heavy atom. The van der Waals surface area contributed by atoms with E-state index in [1.165, 1.54) is 18.7 Å². The fourth-order valence-corrected chi connectivity index (χ4v) is 1.81. The summed E-state index contributed by atoms with van der Waals surface area (Å²) in [7, 11) is 6.31. The predicted molar refractivity (Wildman–Crippen MR) is 77.6 cm³/mol. The molecule has 0 aliphatic heterocycles. The van der Waals surface area contributed by atoms with Gasteiger partial charge in [0.2, 0.25) is 5.89 Å². The third-order valence-electron chi connectivity index (χ3n) is 3.04. The molecule has 116 valence electrons. The first kappa shape index (κ1) is 15.3. The van der Waals surface area contributed by atoms with Crippen LogP contribution in [0.15, 0.2) is 14.1 Å². The van der Waals surface area contributed by atoms with Crippen molar-refractivity contribution in [1.29, 1.82) is 5.26 Å². The summed E-state index contributed by atoms with van der Waals surface area (Å²) in [4.78, 5) is 29.6. The molecule has 0 amide bonds. The van der Waals surface area contributed by atoms with Gasteiger partial charge in [0.05, 0.1) is 6.54 Å². The van der Waals surface area contributed by atoms with Gasteiger partial charge in [-0.3, -0.25) is 13.9 Å². The van der Waals surface area contributed by atoms with Crippen LogP contribution in [0.5, 0.6) is 0 Å². The number of aromatic nitrogens is 4. The molecule has 22 heavy (non-hydrogen) atoms. The Bertz CT molecular complexity index is 853. The van der Waals surface area contributed by atoms with Crippen molar-refractivity contribution < 1.29 is 4.52 Å². The van der Waals surface area contributed by atoms with Crippen LogP contribution in [0.2, 0.25) is 0 Å². The van der Waals surface area contributed by atoms with E-state index in [1.54, 1.807) is 25.1 Å². The molecule has 0 aliphatic rings. The van der Waals surface area contributed by atoms with Gasteiger partial charge in [0.1, 0.15) is 11.9 Å². The van der Waals surface area contributed by atoms with Crippen LogP contribution >= 0.6 is 0 Å². The Morgan fingerprint density at radius 3 is 2.55 bits per heavy atom. The molecular formula is C12H15N7O3. The monoisotopic (exact) mass is 305 g/mol. The van der Waals surface area contributed by atoms with E-state index in [1.807, 2.05) is 0 Å². The van der Waals surface area contributed by atoms with Gasteiger partial charge in [-0.15, -0.1) is 0 Å². The zero-order valence-electron chi connectivity index (χ0n) is 12.6. The molecule has 0 saturated carbocycles. The number of nitriles is 1. The second kappa shape index (κ2) is 5.72. The van der Waals surface area contributed by atoms with Crippen LogP contribution in [-0.4, -0.2) is 33.4 Å². The van der Waals surface area contributed by atoms with Gasteiger partial charge < -0.3 is 14.7 Å². The summed E-state index contributed by atoms with van der Waals surface area (Å²) in [5.41, 5.74) is -1.35. The molecule has 0 radical (unpaired) electrons. The number of anilines is 2. The van der Waals surface area contributed by atoms with Crippen molar-refractivity contribution in [2.75, 3.05) is 24.3 Å². The molecule has 0 bridgehead atoms. The molecule has 1 N–H and O–H groups in total. The minimum atomic E-state index is -0.660. The highest BCUT2D eigenvalue weighted by atomic mass is 16.5. The van der Waals surface area contributed by atoms with Crippen molar-refractivity contribution in [2.24, 2.45) is 14.1 Å². The van der Waals surface area contributed by atoms with Gasteiger partial charge in [0.15, 0.2) is 5.56 Å². The van der Waals surface area contributed by atoms with Crippen molar-refractivity contribution in [2.45, 2.75) is 6.54 Å². The van der Waals surface area contributed by atoms with Crippen molar-refractivity contribution in [3.8, 4) is 6.07 Å². The lowest BCUT2D eigenvalue weighted by Gasteiger charge is -2.12. The molecule has 0 saturated heterocycles. The predicted octanol–water partition coefficient (Wildman–Crippen LogP) is -0.983. The largest absolute Gasteiger partial charge is 0.361 e. The van der Waals surface area contributed by atoms with E-state index >= 15 is 0 Å². The highest BCUT2D eigenvalue weighted by Gasteiger charge is 2.16. The zero-order chi connectivity index (χ0) is 16.4. The topological polar surface area (TPSA) is 122 Å². The highest BCUT2D eigenvalue weighted by Crippen LogP contribution is 2.10. The lowest BCUT2D eigenvalue weighted by Crippen LogP contribution is -2.39. The molecule has 0 fully saturated rings. The summed E-state index contributed by atoms with van der Waals surface area (Å²) in [6, 6.07) is 1.80. The average molecular weight is 305 g/mol. The zero-order valence-corrected chi connectivity index (χ0v) is 12.6. The Kier molecular flexibility index (Phi) is 3.98. The Morgan fingerprint density at radius 1 is 1.32 bits per heavy atom. The smallest absolute Gasteiger partial charge is 0.332 e. The first-order chi connectivity index (χ1) is 10.4. The van der Waals surface area contributed by atoms with Gasteiger partial charge >= 0.3 is 5.69 Å². The van der Waals surface area contributed by atoms with Crippen LogP contribution in [0.25, 0.3) is 0 Å². The number of rotatable bonds is 4. The summed E-state index contributed by atoms with van der Waals surface area (Å²) in [6.45, 7) is 0.0793. The summed E-state index contributed by atoms with van der Waals surface area (Å²) in [5, 5.41) is 15.7. The van der Waals surface area contributed by atoms with E-state index in [-0.39, 0.29) is 23.8 Å². The third-order valence-corrected chi connectivity index (χ3v) is 3.04. The van der Waals surface area contributed by atoms with Crippen molar-refractivity contribution in [1.82, 2.24) is 19.3 Å². The molecule has 2 aromatic heterocycles. The molecule has 2 aromatic rings. The molecule has 2 rings (SSSR count). The van der Waals surface area contributed by atoms with Gasteiger partial charge in [0, 0.05) is 28.2 Å². The van der Waals surface area contributed by atoms with Gasteiger partial charge in [-0.25, -0.2) is 4.79 Å². The fourth-order valence-electron chi connectivity index (χ4n) is 1.81. The number of nitrogens with one attached hydrogen (secondary N) is 1. The molecular weight excluding hydrogens is 290 g/mol. The summed E-state index contributed by atoms with van der Waals surface area (Å²) >= 11 is 0. The van der Waals surface area contributed by atoms with E-state index in [4.69, 9.17) is 9.78 Å². The van der Waals surface area contributed by atoms with Crippen molar-refractivity contribution in [3.63, 3.8) is 0 Å². The van der Waals surface area contributed by atoms with Crippen LogP contribution in [0.3, 0.4) is 0 Å². The molecule has 10 nitrogen and oxygen atoms in total. The summed E-state index contributed by atoms with van der Waals surface area (Å²) in [6.07, 6.45) is 0. The number of hydrogen-bond acceptors (Lipinski definition) is 8. The number of nitrogens with zero attached hydrogens (tertiary/aromatic N) is 6. The van der Waals surface area contributed by atoms with E-state index in [0.29, 0.717) is 5.95 Å². The highest BCUT2D eigenvalue weighted by molar-refractivity contribution is 5.51. The molecule has 10 heteroatoms. The van der Waals surface area contributed by atoms with Crippen molar-refractivity contribution in [3.05, 3.63) is 32.3 Å². The van der Waals surface area contributed by atoms with E-state index < -0.39 is 11.2 Å². The van der Waals surface area contributed by atoms with Crippen LogP contribution in [-0.2, 0) is 20.6 Å². The molecule has 0 aliphatic carbocycles. The Balaban J connectivity index is 2.36. The van der Waals surface area contributed by atoms with Crippen LogP contribution in [0.4, 0.5) is 11.8 Å². The van der Waals surface area contributed by atoms with E-state index in [2.05, 4.69) is 15.5 Å². The molecule has 0 atom stereocenters. The lowest BCUT2D eigenvalue weighted by atomic mass is 10.3. The maximum atomic E-state index is 11.9. The third kappa shape index (κ3) is 2.56. The number of hydrogen-bond donors (Lipinski definition) is 1. The van der Waals surface area contributed by atoms with Gasteiger partial charge in [-0.1, -0.05) is 0 Å². The van der Waals surface area contributed by atoms with Crippen LogP contribution in [0, 0.1) is 11.3 Å². The average Bonchev–Trinajstić information content (AvgIpc) is 2.96. The first-order valence-corrected chi connectivity index (χ1v) is 6.30. The normalized spacial score (nSPS) is 10.3. The Hall–Kier alpha value is -3.09. The van der Waals surface area contributed by atoms with Crippen LogP contribution < -0.4 is 21.5 Å². The maximum Gasteiger partial charge on any atom is 0.332 e. The standard InChI is InChI=1S/C12H15N7O3/c1-17(2)11-15-8(22-16-11)6-14-9-7(5-13)10(20)19(4)12(21)18(9)3/h14H,6H2,1-4H3. The summed E-state index contributed by atoms with van der Waals surface area (Å²) < 4.78 is 7.09. The molecule has 0 unspecified atom stereocenters. The molecule has 2 heterocycles. The van der Waals surface area contributed by atoms with E-state index in [9.17, 15) is 9.59 Å². The van der Waals surface area contributed by atoms with Gasteiger partial charge in [-0.05, 0) is 5.16 Å². The lowest BCUT2D eigenvalue weighted by molar-refractivity contribution is 0.383.